The fourth-order valence-corrected chi connectivity index (χ4v) is 12.3. The molecule has 3 N–H and O–H groups in total. The smallest absolute Gasteiger partial charge is 0.793 e. The van der Waals surface area contributed by atoms with Crippen LogP contribution in [0.25, 0.3) is 21.1 Å². The zero-order valence-corrected chi connectivity index (χ0v) is 61.6. The Labute approximate surface area is 616 Å². The predicted molar refractivity (Wildman–Crippen MR) is 370 cm³/mol. The molecule has 3 radical (unpaired) electrons. The molecule has 101 heavy (non-hydrogen) atoms. The van der Waals surface area contributed by atoms with E-state index in [4.69, 9.17) is 20.2 Å². The maximum Gasteiger partial charge on any atom is 1.00 e. The summed E-state index contributed by atoms with van der Waals surface area (Å²) in [5, 5.41) is 4.40. The second-order valence-electron chi connectivity index (χ2n) is 25.5. The summed E-state index contributed by atoms with van der Waals surface area (Å²) in [6.07, 6.45) is -1.84. The Morgan fingerprint density at radius 2 is 0.960 bits per heavy atom. The Hall–Kier alpha value is -8.24. The van der Waals surface area contributed by atoms with Gasteiger partial charge in [-0.25, -0.2) is 65.3 Å². The molecule has 2 aliphatic heterocycles. The van der Waals surface area contributed by atoms with Gasteiger partial charge in [0.05, 0.1) is 42.5 Å². The molecule has 2 aliphatic rings. The number of aldehydes is 1. The van der Waals surface area contributed by atoms with E-state index in [0.29, 0.717) is 35.7 Å². The summed E-state index contributed by atoms with van der Waals surface area (Å²) < 4.78 is 99.4. The molecule has 6 aromatic carbocycles. The predicted octanol–water partition coefficient (Wildman–Crippen LogP) is 12.1. The molecule has 0 unspecified atom stereocenters. The largest absolute Gasteiger partial charge is 1.00 e. The summed E-state index contributed by atoms with van der Waals surface area (Å²) >= 11 is 2.72. The van der Waals surface area contributed by atoms with Crippen molar-refractivity contribution in [2.24, 2.45) is 28.4 Å². The fourth-order valence-electron chi connectivity index (χ4n) is 10.0. The molecule has 27 heteroatoms. The van der Waals surface area contributed by atoms with E-state index < -0.39 is 77.5 Å². The first kappa shape index (κ1) is 83.4. The van der Waals surface area contributed by atoms with Crippen LogP contribution in [0, 0.1) is 45.9 Å². The van der Waals surface area contributed by atoms with Crippen molar-refractivity contribution in [2.45, 2.75) is 113 Å². The number of carbonyl (C=O) groups is 6. The number of rotatable bonds is 16. The third kappa shape index (κ3) is 26.9. The second kappa shape index (κ2) is 40.4. The summed E-state index contributed by atoms with van der Waals surface area (Å²) in [5.41, 5.74) is 11.6. The Kier molecular flexibility index (Phi) is 33.4. The van der Waals surface area contributed by atoms with Gasteiger partial charge in [-0.15, -0.1) is 22.7 Å². The van der Waals surface area contributed by atoms with Crippen LogP contribution in [0.4, 0.5) is 35.9 Å². The molecule has 2 saturated heterocycles. The summed E-state index contributed by atoms with van der Waals surface area (Å²) in [6.45, 7) is 16.7. The number of alkyl halides is 2. The van der Waals surface area contributed by atoms with E-state index in [2.05, 4.69) is 53.6 Å². The number of aromatic nitrogens is 2. The van der Waals surface area contributed by atoms with Gasteiger partial charge in [0.25, 0.3) is 0 Å². The van der Waals surface area contributed by atoms with E-state index in [9.17, 15) is 50.7 Å². The molecule has 2 aromatic heterocycles. The number of nitrogens with zero attached hydrogens (tertiary/aromatic N) is 4. The van der Waals surface area contributed by atoms with Crippen molar-refractivity contribution in [3.8, 4) is 21.1 Å². The van der Waals surface area contributed by atoms with Gasteiger partial charge in [0, 0.05) is 80.0 Å². The van der Waals surface area contributed by atoms with Crippen LogP contribution in [0.1, 0.15) is 118 Å². The number of hydrogen-bond donors (Lipinski definition) is 2. The third-order valence-corrected chi connectivity index (χ3v) is 17.5. The summed E-state index contributed by atoms with van der Waals surface area (Å²) in [6, 6.07) is 44.7. The molecule has 6 atom stereocenters. The number of thiazole rings is 2. The molecule has 2 fully saturated rings. The normalized spacial score (nSPS) is 15.9. The van der Waals surface area contributed by atoms with E-state index in [1.54, 1.807) is 0 Å². The van der Waals surface area contributed by atoms with Crippen LogP contribution in [0.15, 0.2) is 158 Å². The summed E-state index contributed by atoms with van der Waals surface area (Å²) in [5.74, 6) is -4.96. The number of nitrogens with two attached hydrogens (primary N) is 1. The number of nitrogens with one attached hydrogen (secondary N) is 1. The van der Waals surface area contributed by atoms with Crippen molar-refractivity contribution in [1.82, 2.24) is 25.1 Å². The molecule has 10 rings (SSSR count). The first-order valence-corrected chi connectivity index (χ1v) is 33.4. The standard InChI is InChI=1S/C34H36F3N3O2S.C21H22F2N2S.C13H14FNO3.C4H6O4.C2H3BO2.Na/c1-34(2,3)31(38-18-24-19-40(20-28(24)37)33(41)42-21-23-12-8-5-9-13-23)30-29(16-22-10-6-4-7-11-22)43-32(39-30)26-17-25(35)14-15-27(26)36;1-21(2,3)19(24)18-17(11-13-7-5-4-6-8-13)26-20(25-18)15-12-14(22)9-10-16(15)23;14-12-7-15(6-11(12)8-16)13(17)18-9-10-4-2-1-3-5-10;1-3(5)7-8-4(2)6;1-2(4)5-3;/h4-15,17,24,28,31,38H,16,18-21H2,1-3H3;4-10,12,19H,11,24H2,1-3H3;1-5,8,11-12H,6-7,9H2;1-2H3;1H3;/q;;;;-1;+1/t24-,28+,31+;19-;11-,12-;;;/m100.../s1. The van der Waals surface area contributed by atoms with Crippen LogP contribution in [-0.4, -0.2) is 109 Å². The Morgan fingerprint density at radius 1 is 0.574 bits per heavy atom. The van der Waals surface area contributed by atoms with E-state index in [-0.39, 0.29) is 103 Å². The van der Waals surface area contributed by atoms with Crippen molar-refractivity contribution < 1.29 is 109 Å². The van der Waals surface area contributed by atoms with Gasteiger partial charge < -0.3 is 47.8 Å². The molecule has 4 heterocycles. The van der Waals surface area contributed by atoms with E-state index in [1.807, 2.05) is 142 Å². The van der Waals surface area contributed by atoms with Crippen molar-refractivity contribution >= 4 is 67.1 Å². The van der Waals surface area contributed by atoms with Crippen LogP contribution in [0.2, 0.25) is 0 Å². The molecule has 0 saturated carbocycles. The van der Waals surface area contributed by atoms with Gasteiger partial charge >= 0.3 is 53.7 Å². The maximum atomic E-state index is 15.2. The van der Waals surface area contributed by atoms with E-state index in [0.717, 1.165) is 81.5 Å². The average Bonchev–Trinajstić information content (AvgIpc) is 1.65. The van der Waals surface area contributed by atoms with Crippen molar-refractivity contribution in [1.29, 1.82) is 0 Å². The van der Waals surface area contributed by atoms with Gasteiger partial charge in [-0.3, -0.25) is 4.79 Å². The molecule has 0 aliphatic carbocycles. The Morgan fingerprint density at radius 3 is 1.34 bits per heavy atom. The number of carbonyl (C=O) groups excluding carboxylic acids is 6. The van der Waals surface area contributed by atoms with Crippen LogP contribution in [0.3, 0.4) is 0 Å². The number of amides is 2. The molecule has 0 bridgehead atoms. The van der Waals surface area contributed by atoms with Gasteiger partial charge in [-0.1, -0.05) is 163 Å². The molecule has 17 nitrogen and oxygen atoms in total. The van der Waals surface area contributed by atoms with Crippen LogP contribution in [-0.2, 0) is 69.1 Å². The molecular formula is C74H81BF6N6NaO11S2. The monoisotopic (exact) mass is 1440 g/mol. The number of benzene rings is 6. The summed E-state index contributed by atoms with van der Waals surface area (Å²) in [4.78, 5) is 85.7. The van der Waals surface area contributed by atoms with Gasteiger partial charge in [-0.05, 0) is 69.5 Å². The minimum absolute atomic E-state index is 0. The fraction of sp³-hybridized carbons (Fsp3) is 0.351. The van der Waals surface area contributed by atoms with E-state index >= 15 is 4.39 Å². The number of ether oxygens (including phenoxy) is 2. The first-order valence-electron chi connectivity index (χ1n) is 31.8. The van der Waals surface area contributed by atoms with Crippen molar-refractivity contribution in [3.05, 3.63) is 224 Å². The second-order valence-corrected chi connectivity index (χ2v) is 27.7. The van der Waals surface area contributed by atoms with Gasteiger partial charge in [0.15, 0.2) is 0 Å². The first-order chi connectivity index (χ1) is 47.4. The van der Waals surface area contributed by atoms with Crippen molar-refractivity contribution in [3.63, 3.8) is 0 Å². The number of halogens is 6. The Balaban J connectivity index is 0.000000268. The number of likely N-dealkylation sites (tertiary alicyclic amines) is 2. The molecular weight excluding hydrogens is 1360 g/mol. The minimum Gasteiger partial charge on any atom is -0.793 e. The van der Waals surface area contributed by atoms with Gasteiger partial charge in [0.1, 0.15) is 65.1 Å². The van der Waals surface area contributed by atoms with Crippen LogP contribution in [0.5, 0.6) is 0 Å². The summed E-state index contributed by atoms with van der Waals surface area (Å²) in [7, 11) is 4.32. The van der Waals surface area contributed by atoms with Crippen LogP contribution < -0.4 is 40.6 Å². The SMILES string of the molecule is CC(=O)OOC(C)=O.CC(C)(C)[C@@H](N)c1nc(-c2cc(F)ccc2F)sc1Cc1ccccc1.CC(C)(C)[C@@H](NC[C@@H]1CN(C(=O)OCc2ccccc2)C[C@@H]1F)c1nc(-c2cc(F)ccc2F)sc1Cc1ccccc1.O=C[C@@H]1CN(C(=O)OCc2ccccc2)C[C@@H]1F.[B-]OC(C)=O.[Na+]. The third-order valence-electron chi connectivity index (χ3n) is 15.3. The Bertz CT molecular complexity index is 3940. The maximum absolute atomic E-state index is 15.2. The quantitative estimate of drug-likeness (QED) is 0.0302. The van der Waals surface area contributed by atoms with Gasteiger partial charge in [0.2, 0.25) is 5.97 Å². The molecule has 2 amide bonds. The average molecular weight is 1440 g/mol. The molecule has 8 aromatic rings. The minimum atomic E-state index is -1.29. The topological polar surface area (TPSA) is 219 Å². The van der Waals surface area contributed by atoms with E-state index in [1.165, 1.54) is 51.5 Å². The van der Waals surface area contributed by atoms with Crippen LogP contribution >= 0.6 is 22.7 Å². The zero-order valence-electron chi connectivity index (χ0n) is 57.9. The molecule has 0 spiro atoms. The van der Waals surface area contributed by atoms with Crippen molar-refractivity contribution in [2.75, 3.05) is 32.7 Å². The molecule has 531 valence electrons. The van der Waals surface area contributed by atoms with Gasteiger partial charge in [-0.2, -0.15) is 0 Å². The number of hydrogen-bond acceptors (Lipinski definition) is 17. The zero-order chi connectivity index (χ0) is 73.3.